The van der Waals surface area contributed by atoms with Gasteiger partial charge in [-0.05, 0) is 35.9 Å². The highest BCUT2D eigenvalue weighted by Gasteiger charge is 2.14. The van der Waals surface area contributed by atoms with E-state index in [-0.39, 0.29) is 18.4 Å². The van der Waals surface area contributed by atoms with Gasteiger partial charge in [-0.15, -0.1) is 11.3 Å². The maximum Gasteiger partial charge on any atom is 0.252 e. The summed E-state index contributed by atoms with van der Waals surface area (Å²) in [6.07, 6.45) is 0.678. The molecule has 0 fully saturated rings. The molecule has 2 aromatic heterocycles. The van der Waals surface area contributed by atoms with Crippen molar-refractivity contribution in [3.63, 3.8) is 0 Å². The lowest BCUT2D eigenvalue weighted by Gasteiger charge is -2.13. The van der Waals surface area contributed by atoms with Gasteiger partial charge in [-0.25, -0.2) is 4.98 Å². The molecule has 1 aromatic carbocycles. The second kappa shape index (κ2) is 7.55. The molecule has 0 radical (unpaired) electrons. The van der Waals surface area contributed by atoms with Crippen molar-refractivity contribution in [3.05, 3.63) is 53.4 Å². The topological polar surface area (TPSA) is 62.2 Å². The zero-order chi connectivity index (χ0) is 16.9. The van der Waals surface area contributed by atoms with Crippen molar-refractivity contribution in [1.82, 2.24) is 10.3 Å². The number of benzene rings is 1. The van der Waals surface area contributed by atoms with E-state index in [1.54, 1.807) is 11.3 Å². The monoisotopic (exact) mass is 340 g/mol. The molecule has 124 valence electrons. The number of para-hydroxylation sites is 1. The van der Waals surface area contributed by atoms with Crippen molar-refractivity contribution in [2.75, 3.05) is 13.2 Å². The van der Waals surface area contributed by atoms with E-state index in [1.807, 2.05) is 54.8 Å². The van der Waals surface area contributed by atoms with E-state index in [1.165, 1.54) is 0 Å². The minimum Gasteiger partial charge on any atom is -0.396 e. The number of thiophene rings is 1. The Morgan fingerprint density at radius 3 is 2.88 bits per heavy atom. The lowest BCUT2D eigenvalue weighted by atomic mass is 10.1. The molecule has 0 bridgehead atoms. The molecule has 1 amide bonds. The lowest BCUT2D eigenvalue weighted by molar-refractivity contribution is 0.0947. The first kappa shape index (κ1) is 16.6. The number of aliphatic hydroxyl groups is 1. The minimum atomic E-state index is -0.101. The van der Waals surface area contributed by atoms with Gasteiger partial charge in [0.05, 0.1) is 21.7 Å². The van der Waals surface area contributed by atoms with Crippen LogP contribution in [0, 0.1) is 5.92 Å². The highest BCUT2D eigenvalue weighted by molar-refractivity contribution is 7.13. The highest BCUT2D eigenvalue weighted by atomic mass is 32.1. The third-order valence-corrected chi connectivity index (χ3v) is 4.86. The number of amides is 1. The van der Waals surface area contributed by atoms with Gasteiger partial charge in [-0.2, -0.15) is 0 Å². The van der Waals surface area contributed by atoms with Crippen molar-refractivity contribution in [2.24, 2.45) is 5.92 Å². The summed E-state index contributed by atoms with van der Waals surface area (Å²) in [6, 6.07) is 13.5. The fourth-order valence-electron chi connectivity index (χ4n) is 2.60. The van der Waals surface area contributed by atoms with Gasteiger partial charge in [0.15, 0.2) is 0 Å². The number of hydrogen-bond donors (Lipinski definition) is 2. The predicted molar refractivity (Wildman–Crippen MR) is 98.3 cm³/mol. The van der Waals surface area contributed by atoms with Crippen molar-refractivity contribution in [1.29, 1.82) is 0 Å². The van der Waals surface area contributed by atoms with Crippen molar-refractivity contribution in [2.45, 2.75) is 13.3 Å². The van der Waals surface area contributed by atoms with Gasteiger partial charge in [0, 0.05) is 18.5 Å². The van der Waals surface area contributed by atoms with Crippen LogP contribution in [-0.2, 0) is 0 Å². The Bertz CT molecular complexity index is 831. The van der Waals surface area contributed by atoms with Crippen LogP contribution >= 0.6 is 11.3 Å². The molecule has 2 heterocycles. The summed E-state index contributed by atoms with van der Waals surface area (Å²) in [6.45, 7) is 2.69. The summed E-state index contributed by atoms with van der Waals surface area (Å²) in [4.78, 5) is 18.4. The molecule has 1 unspecified atom stereocenters. The van der Waals surface area contributed by atoms with E-state index >= 15 is 0 Å². The molecule has 5 heteroatoms. The fraction of sp³-hybridized carbons (Fsp3) is 0.263. The average Bonchev–Trinajstić information content (AvgIpc) is 3.13. The molecular formula is C19H20N2O2S. The predicted octanol–water partition coefficient (Wildman–Crippen LogP) is 3.71. The van der Waals surface area contributed by atoms with E-state index in [2.05, 4.69) is 10.3 Å². The first-order chi connectivity index (χ1) is 11.7. The molecule has 0 saturated heterocycles. The number of hydrogen-bond acceptors (Lipinski definition) is 4. The number of rotatable bonds is 6. The molecule has 0 saturated carbocycles. The molecule has 24 heavy (non-hydrogen) atoms. The largest absolute Gasteiger partial charge is 0.396 e. The number of nitrogens with zero attached hydrogens (tertiary/aromatic N) is 1. The summed E-state index contributed by atoms with van der Waals surface area (Å²) in [5, 5.41) is 14.8. The maximum atomic E-state index is 12.7. The van der Waals surface area contributed by atoms with Crippen LogP contribution in [0.3, 0.4) is 0 Å². The van der Waals surface area contributed by atoms with Gasteiger partial charge in [0.2, 0.25) is 0 Å². The van der Waals surface area contributed by atoms with Gasteiger partial charge >= 0.3 is 0 Å². The molecule has 0 aliphatic heterocycles. The van der Waals surface area contributed by atoms with Crippen LogP contribution in [-0.4, -0.2) is 29.1 Å². The zero-order valence-electron chi connectivity index (χ0n) is 13.5. The van der Waals surface area contributed by atoms with Crippen molar-refractivity contribution < 1.29 is 9.90 Å². The summed E-state index contributed by atoms with van der Waals surface area (Å²) in [7, 11) is 0. The number of carbonyl (C=O) groups excluding carboxylic acids is 1. The second-order valence-corrected chi connectivity index (χ2v) is 6.82. The first-order valence-electron chi connectivity index (χ1n) is 8.01. The Kier molecular flexibility index (Phi) is 5.23. The summed E-state index contributed by atoms with van der Waals surface area (Å²) >= 11 is 1.61. The fourth-order valence-corrected chi connectivity index (χ4v) is 3.28. The Morgan fingerprint density at radius 1 is 1.29 bits per heavy atom. The molecule has 0 spiro atoms. The van der Waals surface area contributed by atoms with E-state index in [0.29, 0.717) is 18.5 Å². The number of carbonyl (C=O) groups is 1. The lowest BCUT2D eigenvalue weighted by Crippen LogP contribution is -2.29. The van der Waals surface area contributed by atoms with Crippen LogP contribution in [0.2, 0.25) is 0 Å². The third kappa shape index (κ3) is 3.63. The van der Waals surface area contributed by atoms with Crippen LogP contribution in [0.15, 0.2) is 47.8 Å². The smallest absolute Gasteiger partial charge is 0.252 e. The molecule has 3 aromatic rings. The van der Waals surface area contributed by atoms with Crippen LogP contribution in [0.25, 0.3) is 21.5 Å². The standard InChI is InChI=1S/C19H20N2O2S/c1-13(8-9-22)12-20-19(23)15-11-17(18-7-4-10-24-18)21-16-6-3-2-5-14(15)16/h2-7,10-11,13,22H,8-9,12H2,1H3,(H,20,23). The maximum absolute atomic E-state index is 12.7. The van der Waals surface area contributed by atoms with Crippen LogP contribution in [0.4, 0.5) is 0 Å². The molecule has 1 atom stereocenters. The number of aromatic nitrogens is 1. The van der Waals surface area contributed by atoms with Gasteiger partial charge < -0.3 is 10.4 Å². The Morgan fingerprint density at radius 2 is 2.12 bits per heavy atom. The van der Waals surface area contributed by atoms with Gasteiger partial charge in [0.25, 0.3) is 5.91 Å². The minimum absolute atomic E-state index is 0.101. The van der Waals surface area contributed by atoms with Crippen LogP contribution < -0.4 is 5.32 Å². The van der Waals surface area contributed by atoms with E-state index < -0.39 is 0 Å². The van der Waals surface area contributed by atoms with E-state index in [0.717, 1.165) is 21.5 Å². The van der Waals surface area contributed by atoms with Crippen molar-refractivity contribution in [3.8, 4) is 10.6 Å². The normalized spacial score (nSPS) is 12.2. The Balaban J connectivity index is 1.95. The number of aliphatic hydroxyl groups excluding tert-OH is 1. The number of pyridine rings is 1. The third-order valence-electron chi connectivity index (χ3n) is 3.97. The SMILES string of the molecule is CC(CCO)CNC(=O)c1cc(-c2cccs2)nc2ccccc12. The quantitative estimate of drug-likeness (QED) is 0.719. The van der Waals surface area contributed by atoms with Crippen molar-refractivity contribution >= 4 is 28.1 Å². The van der Waals surface area contributed by atoms with Gasteiger partial charge in [0.1, 0.15) is 0 Å². The van der Waals surface area contributed by atoms with E-state index in [4.69, 9.17) is 5.11 Å². The average molecular weight is 340 g/mol. The molecule has 0 aliphatic carbocycles. The van der Waals surface area contributed by atoms with Gasteiger partial charge in [-0.3, -0.25) is 4.79 Å². The second-order valence-electron chi connectivity index (χ2n) is 5.88. The summed E-state index contributed by atoms with van der Waals surface area (Å²) < 4.78 is 0. The highest BCUT2D eigenvalue weighted by Crippen LogP contribution is 2.27. The van der Waals surface area contributed by atoms with E-state index in [9.17, 15) is 4.79 Å². The number of fused-ring (bicyclic) bond motifs is 1. The molecule has 2 N–H and O–H groups in total. The summed E-state index contributed by atoms with van der Waals surface area (Å²) in [5.74, 6) is 0.139. The molecular weight excluding hydrogens is 320 g/mol. The molecule has 0 aliphatic rings. The van der Waals surface area contributed by atoms with Crippen LogP contribution in [0.1, 0.15) is 23.7 Å². The zero-order valence-corrected chi connectivity index (χ0v) is 14.3. The summed E-state index contributed by atoms with van der Waals surface area (Å²) in [5.41, 5.74) is 2.27. The molecule has 4 nitrogen and oxygen atoms in total. The Labute approximate surface area is 145 Å². The Hall–Kier alpha value is -2.24. The first-order valence-corrected chi connectivity index (χ1v) is 8.89. The molecule has 3 rings (SSSR count). The van der Waals surface area contributed by atoms with Gasteiger partial charge in [-0.1, -0.05) is 31.2 Å². The number of nitrogens with one attached hydrogen (secondary N) is 1. The van der Waals surface area contributed by atoms with Crippen LogP contribution in [0.5, 0.6) is 0 Å².